The van der Waals surface area contributed by atoms with E-state index in [0.717, 1.165) is 32.4 Å². The van der Waals surface area contributed by atoms with Crippen molar-refractivity contribution in [2.45, 2.75) is 24.3 Å². The number of aryl methyl sites for hydroxylation is 1. The highest BCUT2D eigenvalue weighted by molar-refractivity contribution is 7.89. The monoisotopic (exact) mass is 306 g/mol. The highest BCUT2D eigenvalue weighted by Gasteiger charge is 2.19. The summed E-state index contributed by atoms with van der Waals surface area (Å²) < 4.78 is 28.0. The Morgan fingerprint density at radius 2 is 2.42 bits per heavy atom. The van der Waals surface area contributed by atoms with Crippen molar-refractivity contribution in [3.63, 3.8) is 0 Å². The molecule has 1 fully saturated rings. The summed E-state index contributed by atoms with van der Waals surface area (Å²) in [5.74, 6) is 0.545. The van der Waals surface area contributed by atoms with Gasteiger partial charge in [-0.3, -0.25) is 0 Å². The first-order chi connectivity index (χ1) is 8.99. The Balaban J connectivity index is 1.87. The van der Waals surface area contributed by atoms with Gasteiger partial charge >= 0.3 is 0 Å². The molecule has 1 aliphatic rings. The van der Waals surface area contributed by atoms with Gasteiger partial charge < -0.3 is 9.88 Å². The van der Waals surface area contributed by atoms with E-state index in [0.29, 0.717) is 12.5 Å². The second-order valence-electron chi connectivity index (χ2n) is 4.86. The number of rotatable bonds is 5. The van der Waals surface area contributed by atoms with Crippen LogP contribution in [0.4, 0.5) is 0 Å². The Kier molecular flexibility index (Phi) is 4.83. The van der Waals surface area contributed by atoms with Crippen LogP contribution in [0.1, 0.15) is 19.3 Å². The van der Waals surface area contributed by atoms with E-state index in [1.807, 2.05) is 0 Å². The number of sulfonamides is 1. The number of nitrogens with zero attached hydrogens (tertiary/aromatic N) is 2. The van der Waals surface area contributed by atoms with Crippen LogP contribution < -0.4 is 10.0 Å². The largest absolute Gasteiger partial charge is 0.323 e. The van der Waals surface area contributed by atoms with Crippen LogP contribution in [0.5, 0.6) is 0 Å². The maximum absolute atomic E-state index is 12.0. The number of piperidine rings is 1. The molecule has 0 amide bonds. The van der Waals surface area contributed by atoms with Crippen molar-refractivity contribution >= 4 is 21.6 Å². The number of nitrogens with one attached hydrogen (secondary N) is 2. The molecule has 2 heterocycles. The second kappa shape index (κ2) is 6.21. The fourth-order valence-corrected chi connectivity index (χ4v) is 3.42. The molecule has 19 heavy (non-hydrogen) atoms. The zero-order chi connectivity index (χ0) is 13.9. The van der Waals surface area contributed by atoms with Crippen LogP contribution in [-0.2, 0) is 17.1 Å². The lowest BCUT2D eigenvalue weighted by atomic mass is 9.96. The van der Waals surface area contributed by atoms with Crippen molar-refractivity contribution in [2.24, 2.45) is 13.0 Å². The molecule has 0 saturated carbocycles. The second-order valence-corrected chi connectivity index (χ2v) is 6.91. The van der Waals surface area contributed by atoms with E-state index in [1.165, 1.54) is 10.8 Å². The first kappa shape index (κ1) is 14.8. The average Bonchev–Trinajstić information content (AvgIpc) is 2.72. The normalized spacial score (nSPS) is 20.6. The van der Waals surface area contributed by atoms with Gasteiger partial charge in [-0.05, 0) is 49.9 Å². The molecular weight excluding hydrogens is 288 g/mol. The molecule has 108 valence electrons. The quantitative estimate of drug-likeness (QED) is 0.841. The summed E-state index contributed by atoms with van der Waals surface area (Å²) in [4.78, 5) is 3.81. The summed E-state index contributed by atoms with van der Waals surface area (Å²) in [6, 6.07) is 0. The number of hydrogen-bond acceptors (Lipinski definition) is 4. The molecule has 0 aromatic carbocycles. The highest BCUT2D eigenvalue weighted by Crippen LogP contribution is 2.15. The van der Waals surface area contributed by atoms with Crippen LogP contribution in [0.2, 0.25) is 5.28 Å². The third-order valence-corrected chi connectivity index (χ3v) is 5.00. The molecule has 8 heteroatoms. The third kappa shape index (κ3) is 3.92. The average molecular weight is 307 g/mol. The van der Waals surface area contributed by atoms with Crippen molar-refractivity contribution in [1.29, 1.82) is 0 Å². The molecule has 0 spiro atoms. The van der Waals surface area contributed by atoms with Gasteiger partial charge in [0.15, 0.2) is 5.03 Å². The van der Waals surface area contributed by atoms with Crippen molar-refractivity contribution in [1.82, 2.24) is 19.6 Å². The smallest absolute Gasteiger partial charge is 0.259 e. The van der Waals surface area contributed by atoms with Crippen LogP contribution in [-0.4, -0.2) is 37.6 Å². The summed E-state index contributed by atoms with van der Waals surface area (Å²) in [5, 5.41) is 3.45. The Morgan fingerprint density at radius 3 is 3.00 bits per heavy atom. The van der Waals surface area contributed by atoms with E-state index in [4.69, 9.17) is 11.6 Å². The molecule has 2 rings (SSSR count). The number of halogens is 1. The minimum Gasteiger partial charge on any atom is -0.323 e. The molecule has 1 atom stereocenters. The van der Waals surface area contributed by atoms with Gasteiger partial charge in [0, 0.05) is 19.8 Å². The SMILES string of the molecule is Cn1cc(S(=O)(=O)NCC[C@@H]2CCCNC2)nc1Cl. The van der Waals surface area contributed by atoms with Crippen LogP contribution in [0.3, 0.4) is 0 Å². The van der Waals surface area contributed by atoms with Gasteiger partial charge in [0.1, 0.15) is 0 Å². The maximum atomic E-state index is 12.0. The van der Waals surface area contributed by atoms with Crippen LogP contribution in [0.25, 0.3) is 0 Å². The van der Waals surface area contributed by atoms with Gasteiger partial charge in [-0.15, -0.1) is 0 Å². The molecular formula is C11H19ClN4O2S. The standard InChI is InChI=1S/C11H19ClN4O2S/c1-16-8-10(15-11(16)12)19(17,18)14-6-4-9-3-2-5-13-7-9/h8-9,13-14H,2-7H2,1H3/t9-/m0/s1. The van der Waals surface area contributed by atoms with E-state index in [1.54, 1.807) is 7.05 Å². The first-order valence-electron chi connectivity index (χ1n) is 6.38. The number of aromatic nitrogens is 2. The van der Waals surface area contributed by atoms with E-state index >= 15 is 0 Å². The van der Waals surface area contributed by atoms with Crippen LogP contribution >= 0.6 is 11.6 Å². The lowest BCUT2D eigenvalue weighted by Crippen LogP contribution is -2.33. The fraction of sp³-hybridized carbons (Fsp3) is 0.727. The molecule has 0 aliphatic carbocycles. The molecule has 6 nitrogen and oxygen atoms in total. The van der Waals surface area contributed by atoms with E-state index in [2.05, 4.69) is 15.0 Å². The predicted octanol–water partition coefficient (Wildman–Crippen LogP) is 0.741. The van der Waals surface area contributed by atoms with Crippen LogP contribution in [0, 0.1) is 5.92 Å². The Hall–Kier alpha value is -0.630. The Labute approximate surface area is 118 Å². The molecule has 1 aromatic heterocycles. The highest BCUT2D eigenvalue weighted by atomic mass is 35.5. The molecule has 1 aliphatic heterocycles. The van der Waals surface area contributed by atoms with Gasteiger partial charge in [-0.25, -0.2) is 18.1 Å². The van der Waals surface area contributed by atoms with Crippen molar-refractivity contribution < 1.29 is 8.42 Å². The minimum atomic E-state index is -3.55. The van der Waals surface area contributed by atoms with Gasteiger partial charge in [0.05, 0.1) is 0 Å². The fourth-order valence-electron chi connectivity index (χ4n) is 2.19. The molecule has 0 radical (unpaired) electrons. The van der Waals surface area contributed by atoms with E-state index in [9.17, 15) is 8.42 Å². The third-order valence-electron chi connectivity index (χ3n) is 3.32. The number of hydrogen-bond donors (Lipinski definition) is 2. The summed E-state index contributed by atoms with van der Waals surface area (Å²) in [6.45, 7) is 2.47. The maximum Gasteiger partial charge on any atom is 0.259 e. The summed E-state index contributed by atoms with van der Waals surface area (Å²) in [6.07, 6.45) is 4.57. The van der Waals surface area contributed by atoms with Gasteiger partial charge in [-0.2, -0.15) is 0 Å². The van der Waals surface area contributed by atoms with Crippen LogP contribution in [0.15, 0.2) is 11.2 Å². The molecule has 1 saturated heterocycles. The molecule has 1 aromatic rings. The zero-order valence-corrected chi connectivity index (χ0v) is 12.5. The lowest BCUT2D eigenvalue weighted by molar-refractivity contribution is 0.358. The lowest BCUT2D eigenvalue weighted by Gasteiger charge is -2.22. The van der Waals surface area contributed by atoms with Crippen molar-refractivity contribution in [3.8, 4) is 0 Å². The minimum absolute atomic E-state index is 0.0261. The van der Waals surface area contributed by atoms with E-state index in [-0.39, 0.29) is 10.3 Å². The molecule has 0 bridgehead atoms. The van der Waals surface area contributed by atoms with Gasteiger partial charge in [0.2, 0.25) is 5.28 Å². The zero-order valence-electron chi connectivity index (χ0n) is 10.9. The van der Waals surface area contributed by atoms with Crippen molar-refractivity contribution in [3.05, 3.63) is 11.5 Å². The molecule has 2 N–H and O–H groups in total. The Morgan fingerprint density at radius 1 is 1.63 bits per heavy atom. The summed E-state index contributed by atoms with van der Waals surface area (Å²) in [5.41, 5.74) is 0. The summed E-state index contributed by atoms with van der Waals surface area (Å²) in [7, 11) is -1.89. The van der Waals surface area contributed by atoms with E-state index < -0.39 is 10.0 Å². The topological polar surface area (TPSA) is 76.0 Å². The first-order valence-corrected chi connectivity index (χ1v) is 8.24. The summed E-state index contributed by atoms with van der Waals surface area (Å²) >= 11 is 5.74. The molecule has 0 unspecified atom stereocenters. The Bertz CT molecular complexity index is 503. The van der Waals surface area contributed by atoms with Gasteiger partial charge in [-0.1, -0.05) is 0 Å². The van der Waals surface area contributed by atoms with Crippen molar-refractivity contribution in [2.75, 3.05) is 19.6 Å². The number of imidazole rings is 1. The van der Waals surface area contributed by atoms with Gasteiger partial charge in [0.25, 0.3) is 10.0 Å². The predicted molar refractivity (Wildman–Crippen MR) is 73.6 cm³/mol.